The van der Waals surface area contributed by atoms with E-state index in [0.29, 0.717) is 22.8 Å². The molecule has 0 amide bonds. The zero-order valence-electron chi connectivity index (χ0n) is 10.8. The fourth-order valence-electron chi connectivity index (χ4n) is 1.61. The van der Waals surface area contributed by atoms with Gasteiger partial charge in [-0.2, -0.15) is 0 Å². The van der Waals surface area contributed by atoms with Gasteiger partial charge in [0.15, 0.2) is 5.58 Å². The van der Waals surface area contributed by atoms with Gasteiger partial charge in [0.25, 0.3) is 0 Å². The third-order valence-electron chi connectivity index (χ3n) is 3.06. The number of anilines is 2. The minimum atomic E-state index is -0.469. The van der Waals surface area contributed by atoms with Gasteiger partial charge in [0.2, 0.25) is 0 Å². The van der Waals surface area contributed by atoms with Crippen LogP contribution < -0.4 is 16.8 Å². The van der Waals surface area contributed by atoms with E-state index >= 15 is 0 Å². The van der Waals surface area contributed by atoms with E-state index < -0.39 is 5.76 Å². The van der Waals surface area contributed by atoms with E-state index in [-0.39, 0.29) is 0 Å². The molecule has 0 radical (unpaired) electrons. The molecule has 1 aromatic carbocycles. The minimum Gasteiger partial charge on any atom is -0.408 e. The highest BCUT2D eigenvalue weighted by Crippen LogP contribution is 2.24. The summed E-state index contributed by atoms with van der Waals surface area (Å²) >= 11 is 0. The summed E-state index contributed by atoms with van der Waals surface area (Å²) < 4.78 is 4.94. The van der Waals surface area contributed by atoms with E-state index in [9.17, 15) is 4.79 Å². The monoisotopic (exact) mass is 250 g/mol. The van der Waals surface area contributed by atoms with Crippen molar-refractivity contribution in [3.05, 3.63) is 22.7 Å². The van der Waals surface area contributed by atoms with Crippen LogP contribution in [0.2, 0.25) is 0 Å². The van der Waals surface area contributed by atoms with Gasteiger partial charge in [-0.15, -0.1) is 0 Å². The summed E-state index contributed by atoms with van der Waals surface area (Å²) in [5.74, 6) is -0.469. The number of nitrogens with one attached hydrogen (secondary N) is 2. The lowest BCUT2D eigenvalue weighted by Crippen LogP contribution is -2.31. The van der Waals surface area contributed by atoms with Crippen molar-refractivity contribution in [2.45, 2.75) is 13.0 Å². The summed E-state index contributed by atoms with van der Waals surface area (Å²) in [6.45, 7) is 2.88. The van der Waals surface area contributed by atoms with E-state index in [1.165, 1.54) is 0 Å². The topological polar surface area (TPSA) is 87.3 Å². The van der Waals surface area contributed by atoms with Gasteiger partial charge in [-0.1, -0.05) is 0 Å². The lowest BCUT2D eigenvalue weighted by atomic mass is 10.2. The van der Waals surface area contributed by atoms with Crippen molar-refractivity contribution in [3.8, 4) is 0 Å². The Kier molecular flexibility index (Phi) is 3.29. The van der Waals surface area contributed by atoms with Crippen LogP contribution in [0.5, 0.6) is 0 Å². The maximum Gasteiger partial charge on any atom is 0.417 e. The average molecular weight is 250 g/mol. The van der Waals surface area contributed by atoms with Gasteiger partial charge < -0.3 is 20.4 Å². The number of aromatic nitrogens is 1. The van der Waals surface area contributed by atoms with Crippen LogP contribution in [0, 0.1) is 0 Å². The van der Waals surface area contributed by atoms with E-state index in [4.69, 9.17) is 10.2 Å². The van der Waals surface area contributed by atoms with Crippen LogP contribution in [0.4, 0.5) is 11.4 Å². The van der Waals surface area contributed by atoms with Gasteiger partial charge >= 0.3 is 5.76 Å². The molecule has 1 unspecified atom stereocenters. The average Bonchev–Trinajstić information content (AvgIpc) is 2.64. The van der Waals surface area contributed by atoms with Crippen molar-refractivity contribution in [1.29, 1.82) is 0 Å². The standard InChI is InChI=1S/C12H18N4O2/c1-7(16(2)3)6-14-9-5-10-11(4-8(9)13)18-12(17)15-10/h4-5,7,14H,6,13H2,1-3H3,(H,15,17). The van der Waals surface area contributed by atoms with Crippen LogP contribution in [0.15, 0.2) is 21.3 Å². The van der Waals surface area contributed by atoms with Crippen LogP contribution in [-0.4, -0.2) is 36.6 Å². The SMILES string of the molecule is CC(CNc1cc2[nH]c(=O)oc2cc1N)N(C)C. The zero-order chi connectivity index (χ0) is 13.3. The summed E-state index contributed by atoms with van der Waals surface area (Å²) in [7, 11) is 4.04. The summed E-state index contributed by atoms with van der Waals surface area (Å²) in [5.41, 5.74) is 8.39. The fraction of sp³-hybridized carbons (Fsp3) is 0.417. The molecular weight excluding hydrogens is 232 g/mol. The van der Waals surface area contributed by atoms with Crippen LogP contribution >= 0.6 is 0 Å². The molecule has 0 spiro atoms. The maximum absolute atomic E-state index is 11.1. The Bertz CT molecular complexity index is 600. The number of hydrogen-bond donors (Lipinski definition) is 3. The molecule has 1 atom stereocenters. The van der Waals surface area contributed by atoms with Gasteiger partial charge in [0.1, 0.15) is 0 Å². The Morgan fingerprint density at radius 1 is 1.50 bits per heavy atom. The highest BCUT2D eigenvalue weighted by atomic mass is 16.4. The third-order valence-corrected chi connectivity index (χ3v) is 3.06. The summed E-state index contributed by atoms with van der Waals surface area (Å²) in [6.07, 6.45) is 0. The second kappa shape index (κ2) is 4.73. The normalized spacial score (nSPS) is 13.1. The summed E-state index contributed by atoms with van der Waals surface area (Å²) in [4.78, 5) is 15.8. The number of nitrogen functional groups attached to an aromatic ring is 1. The molecule has 0 aliphatic heterocycles. The Morgan fingerprint density at radius 3 is 2.89 bits per heavy atom. The first-order chi connectivity index (χ1) is 8.47. The zero-order valence-corrected chi connectivity index (χ0v) is 10.8. The second-order valence-corrected chi connectivity index (χ2v) is 4.64. The molecule has 0 bridgehead atoms. The largest absolute Gasteiger partial charge is 0.417 e. The number of benzene rings is 1. The maximum atomic E-state index is 11.1. The molecule has 0 fully saturated rings. The first-order valence-corrected chi connectivity index (χ1v) is 5.80. The van der Waals surface area contributed by atoms with Crippen molar-refractivity contribution >= 4 is 22.5 Å². The Labute approximate surface area is 105 Å². The molecule has 1 heterocycles. The van der Waals surface area contributed by atoms with Gasteiger partial charge in [-0.25, -0.2) is 4.79 Å². The number of rotatable bonds is 4. The van der Waals surface area contributed by atoms with Crippen LogP contribution in [0.3, 0.4) is 0 Å². The smallest absolute Gasteiger partial charge is 0.408 e. The van der Waals surface area contributed by atoms with E-state index in [0.717, 1.165) is 12.2 Å². The van der Waals surface area contributed by atoms with Crippen LogP contribution in [0.25, 0.3) is 11.1 Å². The van der Waals surface area contributed by atoms with Crippen molar-refractivity contribution in [2.75, 3.05) is 31.7 Å². The lowest BCUT2D eigenvalue weighted by molar-refractivity contribution is 0.326. The molecule has 0 aliphatic rings. The van der Waals surface area contributed by atoms with Gasteiger partial charge in [0, 0.05) is 18.7 Å². The first kappa shape index (κ1) is 12.5. The fourth-order valence-corrected chi connectivity index (χ4v) is 1.61. The molecular formula is C12H18N4O2. The lowest BCUT2D eigenvalue weighted by Gasteiger charge is -2.21. The highest BCUT2D eigenvalue weighted by molar-refractivity contribution is 5.85. The Balaban J connectivity index is 2.22. The number of hydrogen-bond acceptors (Lipinski definition) is 5. The second-order valence-electron chi connectivity index (χ2n) is 4.64. The molecule has 98 valence electrons. The molecule has 0 saturated carbocycles. The molecule has 6 heteroatoms. The molecule has 0 saturated heterocycles. The number of likely N-dealkylation sites (N-methyl/N-ethyl adjacent to an activating group) is 1. The van der Waals surface area contributed by atoms with E-state index in [1.807, 2.05) is 14.1 Å². The summed E-state index contributed by atoms with van der Waals surface area (Å²) in [6, 6.07) is 3.82. The van der Waals surface area contributed by atoms with Crippen molar-refractivity contribution in [1.82, 2.24) is 9.88 Å². The molecule has 2 rings (SSSR count). The van der Waals surface area contributed by atoms with E-state index in [2.05, 4.69) is 22.1 Å². The molecule has 2 aromatic rings. The number of aromatic amines is 1. The number of nitrogens with two attached hydrogens (primary N) is 1. The predicted octanol–water partition coefficient (Wildman–Crippen LogP) is 1.07. The molecule has 18 heavy (non-hydrogen) atoms. The number of nitrogens with zero attached hydrogens (tertiary/aromatic N) is 1. The van der Waals surface area contributed by atoms with E-state index in [1.54, 1.807) is 12.1 Å². The van der Waals surface area contributed by atoms with Crippen molar-refractivity contribution in [3.63, 3.8) is 0 Å². The van der Waals surface area contributed by atoms with Gasteiger partial charge in [0.05, 0.1) is 16.9 Å². The predicted molar refractivity (Wildman–Crippen MR) is 72.9 cm³/mol. The van der Waals surface area contributed by atoms with Gasteiger partial charge in [-0.3, -0.25) is 4.98 Å². The molecule has 1 aromatic heterocycles. The van der Waals surface area contributed by atoms with Crippen LogP contribution in [0.1, 0.15) is 6.92 Å². The van der Waals surface area contributed by atoms with Gasteiger partial charge in [-0.05, 0) is 27.1 Å². The summed E-state index contributed by atoms with van der Waals surface area (Å²) in [5, 5.41) is 3.27. The third kappa shape index (κ3) is 2.48. The number of oxazole rings is 1. The number of H-pyrrole nitrogens is 1. The molecule has 0 aliphatic carbocycles. The Morgan fingerprint density at radius 2 is 2.22 bits per heavy atom. The minimum absolute atomic E-state index is 0.378. The quantitative estimate of drug-likeness (QED) is 0.706. The Hall–Kier alpha value is -1.95. The first-order valence-electron chi connectivity index (χ1n) is 5.80. The number of fused-ring (bicyclic) bond motifs is 1. The highest BCUT2D eigenvalue weighted by Gasteiger charge is 2.08. The van der Waals surface area contributed by atoms with Crippen LogP contribution in [-0.2, 0) is 0 Å². The molecule has 4 N–H and O–H groups in total. The molecule has 6 nitrogen and oxygen atoms in total. The van der Waals surface area contributed by atoms with Crippen molar-refractivity contribution in [2.24, 2.45) is 0 Å². The van der Waals surface area contributed by atoms with Crippen molar-refractivity contribution < 1.29 is 4.42 Å².